The molecule has 0 saturated heterocycles. The van der Waals surface area contributed by atoms with Gasteiger partial charge in [-0.05, 0) is 24.0 Å². The second kappa shape index (κ2) is 7.99. The predicted molar refractivity (Wildman–Crippen MR) is 89.7 cm³/mol. The number of nitrogens with one attached hydrogen (secondary N) is 1. The van der Waals surface area contributed by atoms with Gasteiger partial charge in [0.25, 0.3) is 5.56 Å². The van der Waals surface area contributed by atoms with Crippen LogP contribution in [0.25, 0.3) is 0 Å². The van der Waals surface area contributed by atoms with Gasteiger partial charge in [0, 0.05) is 6.20 Å². The predicted octanol–water partition coefficient (Wildman–Crippen LogP) is 3.36. The van der Waals surface area contributed by atoms with E-state index in [2.05, 4.69) is 24.0 Å². The van der Waals surface area contributed by atoms with Crippen molar-refractivity contribution in [2.45, 2.75) is 45.6 Å². The molecule has 0 radical (unpaired) electrons. The molecular formula is C17H21ClN2O2. The molecule has 0 aliphatic carbocycles. The SMILES string of the molecule is CCCCCCc1ccc(Cn2cc(Cl)c(=O)[nH]c2=O)cc1. The summed E-state index contributed by atoms with van der Waals surface area (Å²) in [5, 5.41) is 0.0205. The zero-order valence-corrected chi connectivity index (χ0v) is 13.5. The quantitative estimate of drug-likeness (QED) is 0.795. The summed E-state index contributed by atoms with van der Waals surface area (Å²) < 4.78 is 1.40. The molecule has 0 fully saturated rings. The first-order valence-electron chi connectivity index (χ1n) is 7.67. The van der Waals surface area contributed by atoms with Crippen LogP contribution >= 0.6 is 11.6 Å². The van der Waals surface area contributed by atoms with Crippen LogP contribution in [0.1, 0.15) is 43.7 Å². The number of aryl methyl sites for hydroxylation is 1. The van der Waals surface area contributed by atoms with Gasteiger partial charge < -0.3 is 0 Å². The summed E-state index contributed by atoms with van der Waals surface area (Å²) in [5.41, 5.74) is 1.32. The molecule has 0 aliphatic rings. The monoisotopic (exact) mass is 320 g/mol. The van der Waals surface area contributed by atoms with Crippen LogP contribution in [0, 0.1) is 0 Å². The number of aromatic amines is 1. The summed E-state index contributed by atoms with van der Waals surface area (Å²) in [6.45, 7) is 2.60. The number of hydrogen-bond acceptors (Lipinski definition) is 2. The maximum Gasteiger partial charge on any atom is 0.328 e. The van der Waals surface area contributed by atoms with Crippen molar-refractivity contribution < 1.29 is 0 Å². The Hall–Kier alpha value is -1.81. The molecule has 0 bridgehead atoms. The highest BCUT2D eigenvalue weighted by Gasteiger charge is 2.03. The molecule has 2 aromatic rings. The molecule has 1 N–H and O–H groups in total. The topological polar surface area (TPSA) is 54.9 Å². The Morgan fingerprint density at radius 1 is 1.05 bits per heavy atom. The number of halogens is 1. The van der Waals surface area contributed by atoms with E-state index >= 15 is 0 Å². The maximum atomic E-state index is 11.7. The van der Waals surface area contributed by atoms with Gasteiger partial charge in [-0.3, -0.25) is 14.3 Å². The first kappa shape index (κ1) is 16.6. The van der Waals surface area contributed by atoms with Gasteiger partial charge in [0.2, 0.25) is 0 Å². The van der Waals surface area contributed by atoms with Gasteiger partial charge in [-0.1, -0.05) is 62.1 Å². The van der Waals surface area contributed by atoms with E-state index in [0.29, 0.717) is 6.54 Å². The molecular weight excluding hydrogens is 300 g/mol. The minimum Gasteiger partial charge on any atom is -0.295 e. The van der Waals surface area contributed by atoms with Crippen molar-refractivity contribution in [2.75, 3.05) is 0 Å². The fraction of sp³-hybridized carbons (Fsp3) is 0.412. The van der Waals surface area contributed by atoms with Crippen LogP contribution in [-0.2, 0) is 13.0 Å². The fourth-order valence-electron chi connectivity index (χ4n) is 2.36. The van der Waals surface area contributed by atoms with Gasteiger partial charge in [-0.15, -0.1) is 0 Å². The average Bonchev–Trinajstić information content (AvgIpc) is 2.51. The molecule has 0 spiro atoms. The average molecular weight is 321 g/mol. The Labute approximate surface area is 134 Å². The van der Waals surface area contributed by atoms with Crippen molar-refractivity contribution in [3.63, 3.8) is 0 Å². The van der Waals surface area contributed by atoms with E-state index in [4.69, 9.17) is 11.6 Å². The molecule has 0 aliphatic heterocycles. The third-order valence-corrected chi connectivity index (χ3v) is 3.93. The first-order valence-corrected chi connectivity index (χ1v) is 8.05. The lowest BCUT2D eigenvalue weighted by atomic mass is 10.0. The summed E-state index contributed by atoms with van der Waals surface area (Å²) in [6.07, 6.45) is 7.47. The third-order valence-electron chi connectivity index (χ3n) is 3.66. The summed E-state index contributed by atoms with van der Waals surface area (Å²) >= 11 is 5.76. The van der Waals surface area contributed by atoms with Gasteiger partial charge in [0.05, 0.1) is 6.54 Å². The van der Waals surface area contributed by atoms with Crippen LogP contribution in [0.3, 0.4) is 0 Å². The lowest BCUT2D eigenvalue weighted by Crippen LogP contribution is -2.29. The van der Waals surface area contributed by atoms with Crippen LogP contribution < -0.4 is 11.2 Å². The minimum atomic E-state index is -0.551. The van der Waals surface area contributed by atoms with Crippen LogP contribution in [-0.4, -0.2) is 9.55 Å². The van der Waals surface area contributed by atoms with Crippen molar-refractivity contribution in [1.82, 2.24) is 9.55 Å². The van der Waals surface area contributed by atoms with Crippen LogP contribution in [0.15, 0.2) is 40.1 Å². The van der Waals surface area contributed by atoms with E-state index in [1.165, 1.54) is 42.0 Å². The van der Waals surface area contributed by atoms with E-state index in [9.17, 15) is 9.59 Å². The van der Waals surface area contributed by atoms with Crippen molar-refractivity contribution in [3.8, 4) is 0 Å². The molecule has 5 heteroatoms. The minimum absolute atomic E-state index is 0.0205. The lowest BCUT2D eigenvalue weighted by molar-refractivity contribution is 0.666. The number of aromatic nitrogens is 2. The highest BCUT2D eigenvalue weighted by Crippen LogP contribution is 2.10. The van der Waals surface area contributed by atoms with E-state index in [1.807, 2.05) is 12.1 Å². The highest BCUT2D eigenvalue weighted by atomic mass is 35.5. The zero-order valence-electron chi connectivity index (χ0n) is 12.8. The van der Waals surface area contributed by atoms with Gasteiger partial charge in [-0.25, -0.2) is 4.79 Å². The molecule has 22 heavy (non-hydrogen) atoms. The van der Waals surface area contributed by atoms with Crippen molar-refractivity contribution in [2.24, 2.45) is 0 Å². The van der Waals surface area contributed by atoms with E-state index in [0.717, 1.165) is 12.0 Å². The Morgan fingerprint density at radius 2 is 1.73 bits per heavy atom. The second-order valence-electron chi connectivity index (χ2n) is 5.49. The zero-order chi connectivity index (χ0) is 15.9. The second-order valence-corrected chi connectivity index (χ2v) is 5.90. The standard InChI is InChI=1S/C17H21ClN2O2/c1-2-3-4-5-6-13-7-9-14(10-8-13)11-20-12-15(18)16(21)19-17(20)22/h7-10,12H,2-6,11H2,1H3,(H,19,21,22). The largest absolute Gasteiger partial charge is 0.328 e. The van der Waals surface area contributed by atoms with Gasteiger partial charge in [0.1, 0.15) is 5.02 Å². The van der Waals surface area contributed by atoms with E-state index in [1.54, 1.807) is 0 Å². The number of H-pyrrole nitrogens is 1. The molecule has 0 unspecified atom stereocenters. The van der Waals surface area contributed by atoms with Crippen molar-refractivity contribution in [1.29, 1.82) is 0 Å². The van der Waals surface area contributed by atoms with Crippen molar-refractivity contribution in [3.05, 3.63) is 67.4 Å². The summed E-state index contributed by atoms with van der Waals surface area (Å²) in [4.78, 5) is 25.1. The van der Waals surface area contributed by atoms with Gasteiger partial charge in [-0.2, -0.15) is 0 Å². The van der Waals surface area contributed by atoms with Crippen LogP contribution in [0.5, 0.6) is 0 Å². The number of unbranched alkanes of at least 4 members (excludes halogenated alkanes) is 3. The molecule has 118 valence electrons. The number of nitrogens with zero attached hydrogens (tertiary/aromatic N) is 1. The smallest absolute Gasteiger partial charge is 0.295 e. The molecule has 1 aromatic heterocycles. The van der Waals surface area contributed by atoms with Crippen molar-refractivity contribution >= 4 is 11.6 Å². The summed E-state index contributed by atoms with van der Waals surface area (Å²) in [5.74, 6) is 0. The molecule has 2 rings (SSSR count). The van der Waals surface area contributed by atoms with Gasteiger partial charge in [0.15, 0.2) is 0 Å². The Kier molecular flexibility index (Phi) is 6.01. The molecule has 0 atom stereocenters. The van der Waals surface area contributed by atoms with E-state index < -0.39 is 11.2 Å². The first-order chi connectivity index (χ1) is 10.6. The summed E-state index contributed by atoms with van der Waals surface area (Å²) in [6, 6.07) is 8.22. The third kappa shape index (κ3) is 4.60. The van der Waals surface area contributed by atoms with Crippen LogP contribution in [0.4, 0.5) is 0 Å². The Bertz CT molecular complexity index is 717. The highest BCUT2D eigenvalue weighted by molar-refractivity contribution is 6.30. The normalized spacial score (nSPS) is 10.8. The Morgan fingerprint density at radius 3 is 2.41 bits per heavy atom. The molecule has 0 saturated carbocycles. The Balaban J connectivity index is 2.01. The maximum absolute atomic E-state index is 11.7. The molecule has 1 aromatic carbocycles. The number of benzene rings is 1. The number of rotatable bonds is 7. The lowest BCUT2D eigenvalue weighted by Gasteiger charge is -2.07. The van der Waals surface area contributed by atoms with Gasteiger partial charge >= 0.3 is 5.69 Å². The molecule has 1 heterocycles. The number of hydrogen-bond donors (Lipinski definition) is 1. The molecule has 0 amide bonds. The fourth-order valence-corrected chi connectivity index (χ4v) is 2.53. The molecule has 4 nitrogen and oxygen atoms in total. The summed E-state index contributed by atoms with van der Waals surface area (Å²) in [7, 11) is 0. The van der Waals surface area contributed by atoms with E-state index in [-0.39, 0.29) is 5.02 Å². The van der Waals surface area contributed by atoms with Crippen LogP contribution in [0.2, 0.25) is 5.02 Å².